The van der Waals surface area contributed by atoms with E-state index in [4.69, 9.17) is 0 Å². The van der Waals surface area contributed by atoms with Crippen LogP contribution in [0.2, 0.25) is 0 Å². The molecule has 3 amide bonds. The van der Waals surface area contributed by atoms with Crippen LogP contribution in [0.3, 0.4) is 0 Å². The predicted octanol–water partition coefficient (Wildman–Crippen LogP) is -0.712. The van der Waals surface area contributed by atoms with Crippen LogP contribution in [0.25, 0.3) is 0 Å². The molecule has 8 heteroatoms. The zero-order valence-corrected chi connectivity index (χ0v) is 12.7. The van der Waals surface area contributed by atoms with Crippen LogP contribution in [0.4, 0.5) is 5.82 Å². The number of amides is 3. The number of anilines is 1. The number of pyridine rings is 1. The molecule has 3 heterocycles. The van der Waals surface area contributed by atoms with Gasteiger partial charge in [0.1, 0.15) is 11.7 Å². The van der Waals surface area contributed by atoms with Gasteiger partial charge < -0.3 is 9.80 Å². The van der Waals surface area contributed by atoms with E-state index in [1.807, 2.05) is 18.2 Å². The number of rotatable bonds is 4. The van der Waals surface area contributed by atoms with E-state index in [9.17, 15) is 14.4 Å². The number of carbonyl (C=O) groups excluding carboxylic acids is 3. The van der Waals surface area contributed by atoms with Crippen LogP contribution in [0, 0.1) is 5.92 Å². The molecule has 0 spiro atoms. The fourth-order valence-corrected chi connectivity index (χ4v) is 2.83. The molecule has 1 aromatic rings. The van der Waals surface area contributed by atoms with E-state index >= 15 is 0 Å². The van der Waals surface area contributed by atoms with Gasteiger partial charge in [-0.15, -0.1) is 0 Å². The van der Waals surface area contributed by atoms with E-state index in [0.29, 0.717) is 13.1 Å². The zero-order chi connectivity index (χ0) is 16.2. The quantitative estimate of drug-likeness (QED) is 0.715. The lowest BCUT2D eigenvalue weighted by molar-refractivity contribution is -0.132. The second-order valence-corrected chi connectivity index (χ2v) is 5.63. The highest BCUT2D eigenvalue weighted by Crippen LogP contribution is 2.15. The molecule has 1 aromatic heterocycles. The summed E-state index contributed by atoms with van der Waals surface area (Å²) in [6.07, 6.45) is 2.20. The van der Waals surface area contributed by atoms with Gasteiger partial charge in [0, 0.05) is 38.8 Å². The minimum absolute atomic E-state index is 0.0156. The monoisotopic (exact) mass is 317 g/mol. The fraction of sp³-hybridized carbons (Fsp3) is 0.467. The van der Waals surface area contributed by atoms with Gasteiger partial charge in [-0.05, 0) is 18.6 Å². The molecule has 0 unspecified atom stereocenters. The number of piperazine rings is 1. The number of hydrogen-bond acceptors (Lipinski definition) is 5. The van der Waals surface area contributed by atoms with Gasteiger partial charge in [-0.1, -0.05) is 6.07 Å². The Morgan fingerprint density at radius 3 is 2.43 bits per heavy atom. The van der Waals surface area contributed by atoms with Gasteiger partial charge in [-0.3, -0.25) is 25.2 Å². The predicted molar refractivity (Wildman–Crippen MR) is 82.0 cm³/mol. The molecule has 0 saturated carbocycles. The maximum absolute atomic E-state index is 12.2. The first kappa shape index (κ1) is 15.3. The summed E-state index contributed by atoms with van der Waals surface area (Å²) in [4.78, 5) is 43.4. The summed E-state index contributed by atoms with van der Waals surface area (Å²) in [6, 6.07) is 5.77. The molecular formula is C15H19N5O3. The summed E-state index contributed by atoms with van der Waals surface area (Å²) in [5, 5.41) is 0. The molecule has 0 radical (unpaired) electrons. The van der Waals surface area contributed by atoms with Crippen molar-refractivity contribution < 1.29 is 14.4 Å². The second-order valence-electron chi connectivity index (χ2n) is 5.63. The Morgan fingerprint density at radius 2 is 1.83 bits per heavy atom. The van der Waals surface area contributed by atoms with Crippen LogP contribution in [-0.2, 0) is 14.4 Å². The lowest BCUT2D eigenvalue weighted by atomic mass is 10.0. The number of nitrogens with one attached hydrogen (secondary N) is 2. The highest BCUT2D eigenvalue weighted by molar-refractivity contribution is 6.05. The highest BCUT2D eigenvalue weighted by atomic mass is 16.2. The van der Waals surface area contributed by atoms with E-state index in [-0.39, 0.29) is 30.6 Å². The van der Waals surface area contributed by atoms with Gasteiger partial charge in [0.25, 0.3) is 11.8 Å². The third-order valence-corrected chi connectivity index (χ3v) is 4.19. The molecule has 8 nitrogen and oxygen atoms in total. The van der Waals surface area contributed by atoms with Crippen molar-refractivity contribution in [1.29, 1.82) is 0 Å². The van der Waals surface area contributed by atoms with E-state index in [2.05, 4.69) is 20.7 Å². The van der Waals surface area contributed by atoms with Crippen molar-refractivity contribution in [1.82, 2.24) is 20.7 Å². The van der Waals surface area contributed by atoms with Crippen LogP contribution in [-0.4, -0.2) is 53.8 Å². The van der Waals surface area contributed by atoms with Gasteiger partial charge >= 0.3 is 0 Å². The van der Waals surface area contributed by atoms with E-state index < -0.39 is 5.92 Å². The van der Waals surface area contributed by atoms with Crippen molar-refractivity contribution in [3.8, 4) is 0 Å². The molecule has 0 bridgehead atoms. The van der Waals surface area contributed by atoms with Gasteiger partial charge in [-0.2, -0.15) is 0 Å². The minimum atomic E-state index is -0.756. The Bertz CT molecular complexity index is 582. The van der Waals surface area contributed by atoms with Crippen molar-refractivity contribution in [2.75, 3.05) is 31.1 Å². The van der Waals surface area contributed by atoms with Gasteiger partial charge in [0.05, 0.1) is 0 Å². The molecule has 2 N–H and O–H groups in total. The van der Waals surface area contributed by atoms with E-state index in [1.165, 1.54) is 0 Å². The third kappa shape index (κ3) is 3.41. The molecule has 0 atom stereocenters. The van der Waals surface area contributed by atoms with Crippen molar-refractivity contribution in [3.05, 3.63) is 24.4 Å². The number of nitrogens with zero attached hydrogens (tertiary/aromatic N) is 3. The van der Waals surface area contributed by atoms with Crippen molar-refractivity contribution in [2.45, 2.75) is 12.8 Å². The maximum Gasteiger partial charge on any atom is 0.251 e. The topological polar surface area (TPSA) is 94.6 Å². The molecule has 2 saturated heterocycles. The van der Waals surface area contributed by atoms with Crippen LogP contribution < -0.4 is 15.8 Å². The first-order chi connectivity index (χ1) is 11.1. The molecule has 0 aromatic carbocycles. The first-order valence-corrected chi connectivity index (χ1v) is 7.68. The van der Waals surface area contributed by atoms with E-state index in [1.54, 1.807) is 11.1 Å². The largest absolute Gasteiger partial charge is 0.353 e. The molecule has 3 rings (SSSR count). The first-order valence-electron chi connectivity index (χ1n) is 7.68. The van der Waals surface area contributed by atoms with Crippen LogP contribution in [0.5, 0.6) is 0 Å². The molecule has 2 aliphatic heterocycles. The number of carbonyl (C=O) groups is 3. The fourth-order valence-electron chi connectivity index (χ4n) is 2.83. The summed E-state index contributed by atoms with van der Waals surface area (Å²) in [6.45, 7) is 2.71. The zero-order valence-electron chi connectivity index (χ0n) is 12.7. The molecule has 122 valence electrons. The SMILES string of the molecule is O=C1NNC(=O)C1CCC(=O)N1CCN(c2ccccn2)CC1. The number of aromatic nitrogens is 1. The normalized spacial score (nSPS) is 18.8. The Balaban J connectivity index is 1.47. The smallest absolute Gasteiger partial charge is 0.251 e. The minimum Gasteiger partial charge on any atom is -0.353 e. The summed E-state index contributed by atoms with van der Waals surface area (Å²) in [7, 11) is 0. The standard InChI is InChI=1S/C15H19N5O3/c21-13(5-4-11-14(22)17-18-15(11)23)20-9-7-19(8-10-20)12-3-1-2-6-16-12/h1-3,6,11H,4-5,7-10H2,(H,17,22)(H,18,23). The van der Waals surface area contributed by atoms with E-state index in [0.717, 1.165) is 18.9 Å². The Hall–Kier alpha value is -2.64. The van der Waals surface area contributed by atoms with Crippen LogP contribution in [0.1, 0.15) is 12.8 Å². The molecule has 2 fully saturated rings. The van der Waals surface area contributed by atoms with Crippen molar-refractivity contribution in [3.63, 3.8) is 0 Å². The Kier molecular flexibility index (Phi) is 4.40. The molecule has 2 aliphatic rings. The van der Waals surface area contributed by atoms with Gasteiger partial charge in [-0.25, -0.2) is 4.98 Å². The van der Waals surface area contributed by atoms with Gasteiger partial charge in [0.2, 0.25) is 5.91 Å². The highest BCUT2D eigenvalue weighted by Gasteiger charge is 2.33. The lowest BCUT2D eigenvalue weighted by Crippen LogP contribution is -2.49. The summed E-state index contributed by atoms with van der Waals surface area (Å²) in [5.41, 5.74) is 4.54. The number of hydrogen-bond donors (Lipinski definition) is 2. The molecule has 0 aliphatic carbocycles. The number of hydrazine groups is 1. The average molecular weight is 317 g/mol. The summed E-state index contributed by atoms with van der Waals surface area (Å²) < 4.78 is 0. The van der Waals surface area contributed by atoms with Gasteiger partial charge in [0.15, 0.2) is 0 Å². The summed E-state index contributed by atoms with van der Waals surface area (Å²) in [5.74, 6) is -0.573. The maximum atomic E-state index is 12.2. The van der Waals surface area contributed by atoms with Crippen molar-refractivity contribution >= 4 is 23.5 Å². The van der Waals surface area contributed by atoms with Crippen LogP contribution in [0.15, 0.2) is 24.4 Å². The van der Waals surface area contributed by atoms with Crippen LogP contribution >= 0.6 is 0 Å². The second kappa shape index (κ2) is 6.64. The van der Waals surface area contributed by atoms with Crippen molar-refractivity contribution in [2.24, 2.45) is 5.92 Å². The molecular weight excluding hydrogens is 298 g/mol. The summed E-state index contributed by atoms with van der Waals surface area (Å²) >= 11 is 0. The Labute approximate surface area is 133 Å². The third-order valence-electron chi connectivity index (χ3n) is 4.19. The Morgan fingerprint density at radius 1 is 1.13 bits per heavy atom. The lowest BCUT2D eigenvalue weighted by Gasteiger charge is -2.35. The molecule has 23 heavy (non-hydrogen) atoms. The average Bonchev–Trinajstić information content (AvgIpc) is 2.92.